The number of carbonyl (C=O) groups is 2. The Morgan fingerprint density at radius 2 is 1.54 bits per heavy atom. The first-order valence-corrected chi connectivity index (χ1v) is 7.95. The Morgan fingerprint density at radius 1 is 0.923 bits per heavy atom. The number of anilines is 1. The van der Waals surface area contributed by atoms with Gasteiger partial charge in [-0.05, 0) is 24.3 Å². The Balaban J connectivity index is 1.79. The van der Waals surface area contributed by atoms with E-state index in [0.717, 1.165) is 0 Å². The van der Waals surface area contributed by atoms with Crippen LogP contribution >= 0.6 is 11.6 Å². The van der Waals surface area contributed by atoms with Crippen molar-refractivity contribution in [2.24, 2.45) is 0 Å². The third kappa shape index (κ3) is 6.18. The minimum Gasteiger partial charge on any atom is -0.497 e. The molecule has 0 aromatic heterocycles. The van der Waals surface area contributed by atoms with Gasteiger partial charge in [-0.25, -0.2) is 4.79 Å². The van der Waals surface area contributed by atoms with Crippen molar-refractivity contribution in [3.05, 3.63) is 47.5 Å². The third-order valence-electron chi connectivity index (χ3n) is 3.17. The molecule has 0 fully saturated rings. The minimum absolute atomic E-state index is 0.318. The summed E-state index contributed by atoms with van der Waals surface area (Å²) in [5.74, 6) is 0.346. The van der Waals surface area contributed by atoms with E-state index in [4.69, 9.17) is 30.5 Å². The monoisotopic (exact) mass is 379 g/mol. The number of amides is 1. The van der Waals surface area contributed by atoms with Crippen molar-refractivity contribution in [3.8, 4) is 17.2 Å². The largest absolute Gasteiger partial charge is 0.497 e. The van der Waals surface area contributed by atoms with Gasteiger partial charge in [0.2, 0.25) is 0 Å². The highest BCUT2D eigenvalue weighted by atomic mass is 35.5. The van der Waals surface area contributed by atoms with Crippen molar-refractivity contribution in [1.29, 1.82) is 0 Å². The smallest absolute Gasteiger partial charge is 0.344 e. The number of esters is 1. The molecular formula is C18H18ClNO6. The normalized spacial score (nSPS) is 9.96. The number of carbonyl (C=O) groups excluding carboxylic acids is 2. The van der Waals surface area contributed by atoms with Crippen LogP contribution in [0.25, 0.3) is 0 Å². The number of hydrogen-bond donors (Lipinski definition) is 1. The molecule has 0 atom stereocenters. The molecule has 2 aromatic carbocycles. The van der Waals surface area contributed by atoms with Gasteiger partial charge in [0, 0.05) is 28.9 Å². The summed E-state index contributed by atoms with van der Waals surface area (Å²) in [5, 5.41) is 3.16. The van der Waals surface area contributed by atoms with E-state index < -0.39 is 18.5 Å². The molecule has 138 valence electrons. The van der Waals surface area contributed by atoms with Gasteiger partial charge in [-0.15, -0.1) is 0 Å². The van der Waals surface area contributed by atoms with Gasteiger partial charge in [0.1, 0.15) is 17.2 Å². The van der Waals surface area contributed by atoms with Crippen LogP contribution in [0.15, 0.2) is 42.5 Å². The number of halogens is 1. The molecule has 0 aliphatic carbocycles. The summed E-state index contributed by atoms with van der Waals surface area (Å²) in [6.07, 6.45) is 0. The quantitative estimate of drug-likeness (QED) is 0.710. The average Bonchev–Trinajstić information content (AvgIpc) is 2.65. The summed E-state index contributed by atoms with van der Waals surface area (Å²) in [7, 11) is 3.01. The second-order valence-electron chi connectivity index (χ2n) is 5.05. The van der Waals surface area contributed by atoms with Crippen LogP contribution in [0.3, 0.4) is 0 Å². The van der Waals surface area contributed by atoms with Gasteiger partial charge in [0.05, 0.1) is 14.2 Å². The molecule has 0 aliphatic rings. The molecule has 0 saturated heterocycles. The van der Waals surface area contributed by atoms with Gasteiger partial charge in [-0.1, -0.05) is 11.6 Å². The number of methoxy groups -OCH3 is 2. The van der Waals surface area contributed by atoms with Crippen LogP contribution in [-0.2, 0) is 14.3 Å². The standard InChI is InChI=1S/C18H18ClNO6/c1-23-15-7-13(8-16(9-15)24-2)20-17(21)10-26-18(22)11-25-14-5-3-12(19)4-6-14/h3-9H,10-11H2,1-2H3,(H,20,21). The zero-order valence-electron chi connectivity index (χ0n) is 14.3. The molecule has 0 radical (unpaired) electrons. The van der Waals surface area contributed by atoms with Gasteiger partial charge in [0.25, 0.3) is 5.91 Å². The maximum atomic E-state index is 11.9. The summed E-state index contributed by atoms with van der Waals surface area (Å²) < 4.78 is 20.3. The van der Waals surface area contributed by atoms with Crippen molar-refractivity contribution in [2.45, 2.75) is 0 Å². The first-order valence-electron chi connectivity index (χ1n) is 7.57. The summed E-state index contributed by atoms with van der Waals surface area (Å²) in [4.78, 5) is 23.6. The van der Waals surface area contributed by atoms with Crippen molar-refractivity contribution in [2.75, 3.05) is 32.8 Å². The van der Waals surface area contributed by atoms with Crippen LogP contribution in [0, 0.1) is 0 Å². The number of rotatable bonds is 8. The van der Waals surface area contributed by atoms with Gasteiger partial charge in [0.15, 0.2) is 13.2 Å². The Hall–Kier alpha value is -2.93. The van der Waals surface area contributed by atoms with E-state index in [1.54, 1.807) is 42.5 Å². The zero-order valence-corrected chi connectivity index (χ0v) is 15.0. The number of ether oxygens (including phenoxy) is 4. The van der Waals surface area contributed by atoms with E-state index in [1.807, 2.05) is 0 Å². The lowest BCUT2D eigenvalue weighted by atomic mass is 10.2. The first-order chi connectivity index (χ1) is 12.5. The SMILES string of the molecule is COc1cc(NC(=O)COC(=O)COc2ccc(Cl)cc2)cc(OC)c1. The van der Waals surface area contributed by atoms with Crippen molar-refractivity contribution in [1.82, 2.24) is 0 Å². The molecule has 2 aromatic rings. The second kappa shape index (κ2) is 9.53. The summed E-state index contributed by atoms with van der Waals surface area (Å²) >= 11 is 5.76. The van der Waals surface area contributed by atoms with Crippen LogP contribution < -0.4 is 19.5 Å². The maximum Gasteiger partial charge on any atom is 0.344 e. The van der Waals surface area contributed by atoms with Crippen molar-refractivity contribution < 1.29 is 28.5 Å². The van der Waals surface area contributed by atoms with Gasteiger partial charge in [-0.2, -0.15) is 0 Å². The Bertz CT molecular complexity index is 741. The topological polar surface area (TPSA) is 83.1 Å². The van der Waals surface area contributed by atoms with E-state index in [0.29, 0.717) is 28.0 Å². The highest BCUT2D eigenvalue weighted by Gasteiger charge is 2.10. The molecule has 2 rings (SSSR count). The molecular weight excluding hydrogens is 362 g/mol. The van der Waals surface area contributed by atoms with E-state index in [2.05, 4.69) is 5.32 Å². The van der Waals surface area contributed by atoms with E-state index in [9.17, 15) is 9.59 Å². The lowest BCUT2D eigenvalue weighted by Crippen LogP contribution is -2.23. The Kier molecular flexibility index (Phi) is 7.11. The van der Waals surface area contributed by atoms with Crippen molar-refractivity contribution >= 4 is 29.2 Å². The van der Waals surface area contributed by atoms with Crippen LogP contribution in [0.1, 0.15) is 0 Å². The second-order valence-corrected chi connectivity index (χ2v) is 5.49. The fourth-order valence-electron chi connectivity index (χ4n) is 1.94. The lowest BCUT2D eigenvalue weighted by molar-refractivity contribution is -0.149. The molecule has 0 saturated carbocycles. The summed E-state index contributed by atoms with van der Waals surface area (Å²) in [5.41, 5.74) is 0.458. The highest BCUT2D eigenvalue weighted by Crippen LogP contribution is 2.25. The van der Waals surface area contributed by atoms with Gasteiger partial charge < -0.3 is 24.3 Å². The molecule has 7 nitrogen and oxygen atoms in total. The minimum atomic E-state index is -0.668. The summed E-state index contributed by atoms with van der Waals surface area (Å²) in [6.45, 7) is -0.760. The zero-order chi connectivity index (χ0) is 18.9. The number of hydrogen-bond acceptors (Lipinski definition) is 6. The fourth-order valence-corrected chi connectivity index (χ4v) is 2.06. The molecule has 1 amide bonds. The summed E-state index contributed by atoms with van der Waals surface area (Å²) in [6, 6.07) is 11.4. The van der Waals surface area contributed by atoms with E-state index in [-0.39, 0.29) is 6.61 Å². The highest BCUT2D eigenvalue weighted by molar-refractivity contribution is 6.30. The third-order valence-corrected chi connectivity index (χ3v) is 3.42. The molecule has 0 spiro atoms. The van der Waals surface area contributed by atoms with Crippen LogP contribution in [0.2, 0.25) is 5.02 Å². The lowest BCUT2D eigenvalue weighted by Gasteiger charge is -2.10. The van der Waals surface area contributed by atoms with E-state index >= 15 is 0 Å². The van der Waals surface area contributed by atoms with Gasteiger partial charge >= 0.3 is 5.97 Å². The van der Waals surface area contributed by atoms with Crippen molar-refractivity contribution in [3.63, 3.8) is 0 Å². The predicted octanol–water partition coefficient (Wildman–Crippen LogP) is 2.92. The first kappa shape index (κ1) is 19.4. The number of nitrogens with one attached hydrogen (secondary N) is 1. The molecule has 0 unspecified atom stereocenters. The van der Waals surface area contributed by atoms with E-state index in [1.165, 1.54) is 14.2 Å². The molecule has 26 heavy (non-hydrogen) atoms. The average molecular weight is 380 g/mol. The van der Waals surface area contributed by atoms with Gasteiger partial charge in [-0.3, -0.25) is 4.79 Å². The van der Waals surface area contributed by atoms with Crippen LogP contribution in [0.5, 0.6) is 17.2 Å². The molecule has 0 aliphatic heterocycles. The maximum absolute atomic E-state index is 11.9. The molecule has 0 bridgehead atoms. The molecule has 8 heteroatoms. The number of benzene rings is 2. The Morgan fingerprint density at radius 3 is 2.12 bits per heavy atom. The fraction of sp³-hybridized carbons (Fsp3) is 0.222. The van der Waals surface area contributed by atoms with Crippen LogP contribution in [0.4, 0.5) is 5.69 Å². The van der Waals surface area contributed by atoms with Crippen LogP contribution in [-0.4, -0.2) is 39.3 Å². The molecule has 0 heterocycles. The molecule has 1 N–H and O–H groups in total. The predicted molar refractivity (Wildman–Crippen MR) is 96.1 cm³/mol. The Labute approximate surface area is 155 Å².